The molecule has 2 rings (SSSR count). The molecule has 132 valence electrons. The minimum atomic E-state index is -2.89. The Bertz CT molecular complexity index is 870. The smallest absolute Gasteiger partial charge is 0.283 e. The number of carbonyl (C=O) groups is 1. The van der Waals surface area contributed by atoms with E-state index in [2.05, 4.69) is 19.3 Å². The van der Waals surface area contributed by atoms with Crippen LogP contribution >= 0.6 is 11.5 Å². The van der Waals surface area contributed by atoms with E-state index < -0.39 is 28.6 Å². The van der Waals surface area contributed by atoms with Gasteiger partial charge < -0.3 is 5.32 Å². The molecular weight excluding hydrogens is 372 g/mol. The summed E-state index contributed by atoms with van der Waals surface area (Å²) in [5.74, 6) is -0.741. The van der Waals surface area contributed by atoms with Crippen molar-refractivity contribution in [1.82, 2.24) is 9.59 Å². The summed E-state index contributed by atoms with van der Waals surface area (Å²) in [4.78, 5) is 12.2. The molecule has 0 fully saturated rings. The fourth-order valence-corrected chi connectivity index (χ4v) is 3.32. The van der Waals surface area contributed by atoms with Gasteiger partial charge in [-0.05, 0) is 42.7 Å². The van der Waals surface area contributed by atoms with Crippen LogP contribution in [-0.2, 0) is 10.6 Å². The van der Waals surface area contributed by atoms with Gasteiger partial charge in [0.25, 0.3) is 12.3 Å². The van der Waals surface area contributed by atoms with E-state index in [0.717, 1.165) is 0 Å². The van der Waals surface area contributed by atoms with E-state index in [1.165, 1.54) is 24.3 Å². The number of halogens is 2. The topological polar surface area (TPSA) is 108 Å². The Morgan fingerprint density at radius 3 is 2.72 bits per heavy atom. The second kappa shape index (κ2) is 8.59. The summed E-state index contributed by atoms with van der Waals surface area (Å²) in [6.45, 7) is 1.69. The molecule has 2 aromatic rings. The average molecular weight is 385 g/mol. The molecule has 0 bridgehead atoms. The first-order valence-corrected chi connectivity index (χ1v) is 8.97. The molecule has 0 aliphatic carbocycles. The van der Waals surface area contributed by atoms with Gasteiger partial charge in [-0.2, -0.15) is 5.26 Å². The Labute approximate surface area is 148 Å². The highest BCUT2D eigenvalue weighted by Crippen LogP contribution is 2.24. The van der Waals surface area contributed by atoms with Crippen LogP contribution in [-0.4, -0.2) is 25.7 Å². The van der Waals surface area contributed by atoms with Crippen molar-refractivity contribution in [3.63, 3.8) is 0 Å². The van der Waals surface area contributed by atoms with Crippen molar-refractivity contribution in [2.75, 3.05) is 5.32 Å². The summed E-state index contributed by atoms with van der Waals surface area (Å²) in [7, 11) is -2.02. The number of thiol groups is 1. The van der Waals surface area contributed by atoms with Crippen molar-refractivity contribution in [2.24, 2.45) is 4.36 Å². The van der Waals surface area contributed by atoms with E-state index in [4.69, 9.17) is 5.26 Å². The summed E-state index contributed by atoms with van der Waals surface area (Å²) >= 11 is 0.583. The zero-order valence-electron chi connectivity index (χ0n) is 12.9. The first kappa shape index (κ1) is 18.9. The molecule has 25 heavy (non-hydrogen) atoms. The Morgan fingerprint density at radius 1 is 1.44 bits per heavy atom. The number of nitriles is 1. The molecule has 0 spiro atoms. The molecule has 1 amide bonds. The Balaban J connectivity index is 2.10. The van der Waals surface area contributed by atoms with Gasteiger partial charge in [-0.3, -0.25) is 4.79 Å². The van der Waals surface area contributed by atoms with Crippen molar-refractivity contribution in [3.05, 3.63) is 34.8 Å². The Hall–Kier alpha value is -2.45. The van der Waals surface area contributed by atoms with Crippen molar-refractivity contribution in [1.29, 1.82) is 5.26 Å². The number of amides is 1. The number of hydrogen-bond donors (Lipinski definition) is 2. The van der Waals surface area contributed by atoms with Crippen LogP contribution in [0.1, 0.15) is 35.1 Å². The van der Waals surface area contributed by atoms with Gasteiger partial charge in [0.1, 0.15) is 4.88 Å². The largest absolute Gasteiger partial charge is 0.321 e. The third-order valence-corrected chi connectivity index (χ3v) is 5.05. The second-order valence-electron chi connectivity index (χ2n) is 4.89. The number of carbonyl (C=O) groups excluding carboxylic acids is 1. The average Bonchev–Trinajstić information content (AvgIpc) is 3.05. The maximum Gasteiger partial charge on any atom is 0.283 e. The highest BCUT2D eigenvalue weighted by molar-refractivity contribution is 7.75. The van der Waals surface area contributed by atoms with E-state index >= 15 is 0 Å². The molecule has 11 heteroatoms. The zero-order chi connectivity index (χ0) is 18.4. The highest BCUT2D eigenvalue weighted by atomic mass is 32.2. The van der Waals surface area contributed by atoms with Crippen LogP contribution in [0.15, 0.2) is 33.5 Å². The van der Waals surface area contributed by atoms with Gasteiger partial charge in [0.15, 0.2) is 5.69 Å². The van der Waals surface area contributed by atoms with Crippen LogP contribution in [0.5, 0.6) is 0 Å². The van der Waals surface area contributed by atoms with Crippen LogP contribution in [0.3, 0.4) is 0 Å². The lowest BCUT2D eigenvalue weighted by atomic mass is 10.3. The lowest BCUT2D eigenvalue weighted by molar-refractivity contribution is 0.101. The van der Waals surface area contributed by atoms with Crippen molar-refractivity contribution in [3.8, 4) is 6.07 Å². The predicted molar refractivity (Wildman–Crippen MR) is 89.2 cm³/mol. The van der Waals surface area contributed by atoms with Crippen LogP contribution < -0.4 is 5.32 Å². The van der Waals surface area contributed by atoms with Crippen molar-refractivity contribution >= 4 is 33.7 Å². The van der Waals surface area contributed by atoms with E-state index in [1.54, 1.807) is 6.92 Å². The molecule has 0 saturated carbocycles. The monoisotopic (exact) mass is 385 g/mol. The summed E-state index contributed by atoms with van der Waals surface area (Å²) in [6.07, 6.45) is -2.71. The van der Waals surface area contributed by atoms with Crippen LogP contribution in [0.2, 0.25) is 0 Å². The molecule has 1 aromatic carbocycles. The number of anilines is 1. The standard InChI is InChI=1S/C14H13F2N5O2S2/c1-8(6-7-17)20-25(23)10-4-2-9(3-5-10)18-14(22)12-11(13(15)16)19-21-24-12/h2-5,8,13,25H,6H2,1H3,(H,18,22). The van der Waals surface area contributed by atoms with E-state index in [0.29, 0.717) is 22.1 Å². The molecular formula is C14H13F2N5O2S2. The van der Waals surface area contributed by atoms with Gasteiger partial charge >= 0.3 is 0 Å². The molecule has 2 atom stereocenters. The minimum Gasteiger partial charge on any atom is -0.321 e. The second-order valence-corrected chi connectivity index (χ2v) is 6.94. The van der Waals surface area contributed by atoms with Crippen molar-refractivity contribution < 1.29 is 17.8 Å². The fourth-order valence-electron chi connectivity index (χ4n) is 1.78. The maximum absolute atomic E-state index is 12.7. The van der Waals surface area contributed by atoms with Crippen LogP contribution in [0.4, 0.5) is 14.5 Å². The predicted octanol–water partition coefficient (Wildman–Crippen LogP) is 3.05. The lowest BCUT2D eigenvalue weighted by Crippen LogP contribution is -2.12. The van der Waals surface area contributed by atoms with Crippen LogP contribution in [0, 0.1) is 11.3 Å². The maximum atomic E-state index is 12.7. The molecule has 0 radical (unpaired) electrons. The van der Waals surface area contributed by atoms with Gasteiger partial charge in [0.2, 0.25) is 0 Å². The first-order chi connectivity index (χ1) is 11.9. The summed E-state index contributed by atoms with van der Waals surface area (Å²) < 4.78 is 44.9. The van der Waals surface area contributed by atoms with Gasteiger partial charge in [0, 0.05) is 10.6 Å². The molecule has 1 aromatic heterocycles. The first-order valence-electron chi connectivity index (χ1n) is 6.99. The molecule has 1 heterocycles. The SMILES string of the molecule is CC(CC#N)/N=[SH](=O)/c1ccc(NC(=O)c2snnc2C(F)F)cc1. The van der Waals surface area contributed by atoms with Gasteiger partial charge in [-0.1, -0.05) is 4.49 Å². The summed E-state index contributed by atoms with van der Waals surface area (Å²) in [5.41, 5.74) is -0.316. The van der Waals surface area contributed by atoms with E-state index in [-0.39, 0.29) is 17.3 Å². The third kappa shape index (κ3) is 5.01. The molecule has 7 nitrogen and oxygen atoms in total. The summed E-state index contributed by atoms with van der Waals surface area (Å²) in [5, 5.41) is 14.3. The van der Waals surface area contributed by atoms with Crippen molar-refractivity contribution in [2.45, 2.75) is 30.7 Å². The van der Waals surface area contributed by atoms with E-state index in [1.807, 2.05) is 6.07 Å². The minimum absolute atomic E-state index is 0.171. The quantitative estimate of drug-likeness (QED) is 0.743. The summed E-state index contributed by atoms with van der Waals surface area (Å²) in [6, 6.07) is 7.60. The number of nitrogens with zero attached hydrogens (tertiary/aromatic N) is 4. The van der Waals surface area contributed by atoms with Gasteiger partial charge in [-0.15, -0.1) is 5.10 Å². The number of aromatic nitrogens is 2. The normalized spacial score (nSPS) is 13.4. The Morgan fingerprint density at radius 2 is 2.12 bits per heavy atom. The lowest BCUT2D eigenvalue weighted by Gasteiger charge is -2.05. The fraction of sp³-hybridized carbons (Fsp3) is 0.286. The number of nitrogens with one attached hydrogen (secondary N) is 1. The third-order valence-electron chi connectivity index (χ3n) is 2.96. The molecule has 0 aliphatic heterocycles. The highest BCUT2D eigenvalue weighted by Gasteiger charge is 2.23. The van der Waals surface area contributed by atoms with Gasteiger partial charge in [0.05, 0.1) is 29.1 Å². The molecule has 0 saturated heterocycles. The number of alkyl halides is 2. The van der Waals surface area contributed by atoms with Crippen LogP contribution in [0.25, 0.3) is 0 Å². The number of benzene rings is 1. The Kier molecular flexibility index (Phi) is 6.49. The van der Waals surface area contributed by atoms with Gasteiger partial charge in [-0.25, -0.2) is 17.4 Å². The molecule has 0 aliphatic rings. The number of hydrogen-bond acceptors (Lipinski definition) is 7. The zero-order valence-corrected chi connectivity index (χ0v) is 14.6. The number of rotatable bonds is 6. The molecule has 1 N–H and O–H groups in total. The molecule has 2 unspecified atom stereocenters. The van der Waals surface area contributed by atoms with E-state index in [9.17, 15) is 17.8 Å².